The smallest absolute Gasteiger partial charge is 0.272 e. The van der Waals surface area contributed by atoms with Crippen molar-refractivity contribution in [2.45, 2.75) is 19.0 Å². The van der Waals surface area contributed by atoms with Crippen molar-refractivity contribution in [1.29, 1.82) is 0 Å². The van der Waals surface area contributed by atoms with E-state index in [9.17, 15) is 13.2 Å². The molecule has 0 saturated carbocycles. The molecule has 1 aliphatic heterocycles. The summed E-state index contributed by atoms with van der Waals surface area (Å²) in [5, 5.41) is 7.37. The van der Waals surface area contributed by atoms with E-state index in [0.717, 1.165) is 22.6 Å². The predicted molar refractivity (Wildman–Crippen MR) is 114 cm³/mol. The van der Waals surface area contributed by atoms with Crippen LogP contribution in [0, 0.1) is 0 Å². The highest BCUT2D eigenvalue weighted by Gasteiger charge is 2.32. The fourth-order valence-corrected chi connectivity index (χ4v) is 5.28. The quantitative estimate of drug-likeness (QED) is 0.656. The van der Waals surface area contributed by atoms with E-state index >= 15 is 0 Å². The van der Waals surface area contributed by atoms with Gasteiger partial charge in [-0.3, -0.25) is 9.48 Å². The van der Waals surface area contributed by atoms with E-state index in [1.165, 1.54) is 0 Å². The molecule has 0 spiro atoms. The van der Waals surface area contributed by atoms with Gasteiger partial charge in [0.1, 0.15) is 5.75 Å². The first-order chi connectivity index (χ1) is 14.4. The molecule has 1 saturated heterocycles. The Kier molecular flexibility index (Phi) is 5.59. The summed E-state index contributed by atoms with van der Waals surface area (Å²) in [5.74, 6) is 0.636. The zero-order valence-electron chi connectivity index (χ0n) is 16.6. The van der Waals surface area contributed by atoms with Crippen LogP contribution >= 0.6 is 0 Å². The fourth-order valence-electron chi connectivity index (χ4n) is 3.59. The summed E-state index contributed by atoms with van der Waals surface area (Å²) in [6.07, 6.45) is 0.497. The lowest BCUT2D eigenvalue weighted by atomic mass is 10.1. The summed E-state index contributed by atoms with van der Waals surface area (Å²) in [6, 6.07) is 18.5. The second-order valence-electron chi connectivity index (χ2n) is 7.31. The molecule has 1 atom stereocenters. The van der Waals surface area contributed by atoms with E-state index < -0.39 is 9.84 Å². The number of carbonyl (C=O) groups is 1. The number of hydrogen-bond donors (Lipinski definition) is 1. The monoisotopic (exact) mass is 425 g/mol. The van der Waals surface area contributed by atoms with E-state index in [2.05, 4.69) is 10.4 Å². The molecule has 7 nitrogen and oxygen atoms in total. The number of benzene rings is 2. The van der Waals surface area contributed by atoms with E-state index in [4.69, 9.17) is 4.74 Å². The van der Waals surface area contributed by atoms with Gasteiger partial charge in [0.25, 0.3) is 5.91 Å². The van der Waals surface area contributed by atoms with Crippen molar-refractivity contribution >= 4 is 15.7 Å². The van der Waals surface area contributed by atoms with Crippen molar-refractivity contribution in [3.05, 3.63) is 71.9 Å². The molecule has 1 N–H and O–H groups in total. The molecule has 0 bridgehead atoms. The van der Waals surface area contributed by atoms with Crippen LogP contribution in [0.15, 0.2) is 60.7 Å². The molecule has 1 amide bonds. The van der Waals surface area contributed by atoms with Gasteiger partial charge in [-0.2, -0.15) is 5.10 Å². The number of nitrogens with zero attached hydrogens (tertiary/aromatic N) is 2. The molecule has 0 radical (unpaired) electrons. The SMILES string of the molecule is COc1ccc(CNC(=O)c2cc(-c3ccccc3)n(C3CCS(=O)(=O)C3)n2)cc1. The molecular weight excluding hydrogens is 402 g/mol. The van der Waals surface area contributed by atoms with E-state index in [1.807, 2.05) is 54.6 Å². The van der Waals surface area contributed by atoms with Gasteiger partial charge in [-0.15, -0.1) is 0 Å². The Morgan fingerprint density at radius 1 is 1.17 bits per heavy atom. The molecule has 1 unspecified atom stereocenters. The molecule has 1 fully saturated rings. The first-order valence-electron chi connectivity index (χ1n) is 9.72. The lowest BCUT2D eigenvalue weighted by Crippen LogP contribution is -2.24. The predicted octanol–water partition coefficient (Wildman–Crippen LogP) is 2.85. The standard InChI is InChI=1S/C22H23N3O4S/c1-29-19-9-7-16(8-10-19)14-23-22(26)20-13-21(17-5-3-2-4-6-17)25(24-20)18-11-12-30(27,28)15-18/h2-10,13,18H,11-12,14-15H2,1H3,(H,23,26). The number of amides is 1. The van der Waals surface area contributed by atoms with E-state index in [0.29, 0.717) is 13.0 Å². The minimum absolute atomic E-state index is 0.0431. The maximum Gasteiger partial charge on any atom is 0.272 e. The summed E-state index contributed by atoms with van der Waals surface area (Å²) >= 11 is 0. The molecule has 1 aromatic heterocycles. The maximum absolute atomic E-state index is 12.8. The molecule has 8 heteroatoms. The van der Waals surface area contributed by atoms with Gasteiger partial charge in [0, 0.05) is 6.54 Å². The van der Waals surface area contributed by atoms with Gasteiger partial charge in [0.05, 0.1) is 30.4 Å². The Hall–Kier alpha value is -3.13. The minimum atomic E-state index is -3.08. The van der Waals surface area contributed by atoms with Crippen LogP contribution in [0.3, 0.4) is 0 Å². The van der Waals surface area contributed by atoms with Crippen molar-refractivity contribution in [3.63, 3.8) is 0 Å². The number of sulfone groups is 1. The highest BCUT2D eigenvalue weighted by molar-refractivity contribution is 7.91. The second kappa shape index (κ2) is 8.31. The van der Waals surface area contributed by atoms with Crippen LogP contribution in [0.25, 0.3) is 11.3 Å². The molecule has 3 aromatic rings. The fraction of sp³-hybridized carbons (Fsp3) is 0.273. The molecular formula is C22H23N3O4S. The normalized spacial score (nSPS) is 17.6. The summed E-state index contributed by atoms with van der Waals surface area (Å²) in [5.41, 5.74) is 2.84. The van der Waals surface area contributed by atoms with Crippen LogP contribution < -0.4 is 10.1 Å². The Morgan fingerprint density at radius 3 is 2.53 bits per heavy atom. The first-order valence-corrected chi connectivity index (χ1v) is 11.5. The maximum atomic E-state index is 12.8. The molecule has 156 valence electrons. The van der Waals surface area contributed by atoms with Gasteiger partial charge in [0.15, 0.2) is 15.5 Å². The summed E-state index contributed by atoms with van der Waals surface area (Å²) < 4.78 is 30.8. The van der Waals surface area contributed by atoms with Crippen LogP contribution in [0.4, 0.5) is 0 Å². The number of ether oxygens (including phenoxy) is 1. The molecule has 2 heterocycles. The van der Waals surface area contributed by atoms with Gasteiger partial charge < -0.3 is 10.1 Å². The first kappa shape index (κ1) is 20.2. The van der Waals surface area contributed by atoms with E-state index in [-0.39, 0.29) is 29.1 Å². The zero-order valence-corrected chi connectivity index (χ0v) is 17.4. The highest BCUT2D eigenvalue weighted by Crippen LogP contribution is 2.30. The van der Waals surface area contributed by atoms with Gasteiger partial charge in [-0.25, -0.2) is 8.42 Å². The van der Waals surface area contributed by atoms with Crippen LogP contribution in [-0.2, 0) is 16.4 Å². The lowest BCUT2D eigenvalue weighted by Gasteiger charge is -2.13. The average Bonchev–Trinajstić information content (AvgIpc) is 3.36. The third-order valence-electron chi connectivity index (χ3n) is 5.20. The van der Waals surface area contributed by atoms with Crippen molar-refractivity contribution < 1.29 is 17.9 Å². The van der Waals surface area contributed by atoms with Gasteiger partial charge in [0.2, 0.25) is 0 Å². The molecule has 1 aliphatic rings. The van der Waals surface area contributed by atoms with Gasteiger partial charge in [-0.1, -0.05) is 42.5 Å². The van der Waals surface area contributed by atoms with Gasteiger partial charge in [-0.05, 0) is 35.7 Å². The Labute approximate surface area is 175 Å². The molecule has 4 rings (SSSR count). The Morgan fingerprint density at radius 2 is 1.90 bits per heavy atom. The van der Waals surface area contributed by atoms with Crippen molar-refractivity contribution in [3.8, 4) is 17.0 Å². The number of hydrogen-bond acceptors (Lipinski definition) is 5. The molecule has 30 heavy (non-hydrogen) atoms. The third kappa shape index (κ3) is 4.38. The van der Waals surface area contributed by atoms with Crippen LogP contribution in [0.1, 0.15) is 28.5 Å². The highest BCUT2D eigenvalue weighted by atomic mass is 32.2. The Bertz CT molecular complexity index is 1140. The van der Waals surface area contributed by atoms with Crippen LogP contribution in [-0.4, -0.2) is 42.7 Å². The van der Waals surface area contributed by atoms with E-state index in [1.54, 1.807) is 17.9 Å². The number of nitrogens with one attached hydrogen (secondary N) is 1. The molecule has 0 aliphatic carbocycles. The number of carbonyl (C=O) groups excluding carboxylic acids is 1. The summed E-state index contributed by atoms with van der Waals surface area (Å²) in [6.45, 7) is 0.355. The molecule has 2 aromatic carbocycles. The van der Waals surface area contributed by atoms with Crippen LogP contribution in [0.2, 0.25) is 0 Å². The minimum Gasteiger partial charge on any atom is -0.497 e. The third-order valence-corrected chi connectivity index (χ3v) is 6.95. The van der Waals surface area contributed by atoms with Crippen LogP contribution in [0.5, 0.6) is 5.75 Å². The summed E-state index contributed by atoms with van der Waals surface area (Å²) in [7, 11) is -1.47. The topological polar surface area (TPSA) is 90.3 Å². The second-order valence-corrected chi connectivity index (χ2v) is 9.54. The number of aromatic nitrogens is 2. The number of methoxy groups -OCH3 is 1. The van der Waals surface area contributed by atoms with Crippen molar-refractivity contribution in [1.82, 2.24) is 15.1 Å². The largest absolute Gasteiger partial charge is 0.497 e. The summed E-state index contributed by atoms with van der Waals surface area (Å²) in [4.78, 5) is 12.8. The number of rotatable bonds is 6. The lowest BCUT2D eigenvalue weighted by molar-refractivity contribution is 0.0945. The van der Waals surface area contributed by atoms with Crippen molar-refractivity contribution in [2.24, 2.45) is 0 Å². The zero-order chi connectivity index (χ0) is 21.1. The van der Waals surface area contributed by atoms with Gasteiger partial charge >= 0.3 is 0 Å². The Balaban J connectivity index is 1.57. The van der Waals surface area contributed by atoms with Crippen molar-refractivity contribution in [2.75, 3.05) is 18.6 Å². The average molecular weight is 426 g/mol.